The second kappa shape index (κ2) is 3.99. The van der Waals surface area contributed by atoms with E-state index < -0.39 is 0 Å². The van der Waals surface area contributed by atoms with Gasteiger partial charge in [0.2, 0.25) is 0 Å². The van der Waals surface area contributed by atoms with E-state index in [0.29, 0.717) is 13.2 Å². The van der Waals surface area contributed by atoms with E-state index in [9.17, 15) is 4.79 Å². The van der Waals surface area contributed by atoms with Gasteiger partial charge < -0.3 is 14.0 Å². The maximum Gasteiger partial charge on any atom is 0.490 e. The van der Waals surface area contributed by atoms with E-state index >= 15 is 0 Å². The van der Waals surface area contributed by atoms with Gasteiger partial charge in [0.05, 0.1) is 17.2 Å². The molecule has 0 aliphatic carbocycles. The highest BCUT2D eigenvalue weighted by molar-refractivity contribution is 6.54. The van der Waals surface area contributed by atoms with Crippen molar-refractivity contribution in [2.75, 3.05) is 13.2 Å². The second-order valence-corrected chi connectivity index (χ2v) is 6.45. The van der Waals surface area contributed by atoms with Crippen LogP contribution in [-0.4, -0.2) is 48.5 Å². The van der Waals surface area contributed by atoms with Gasteiger partial charge in [0, 0.05) is 6.54 Å². The summed E-state index contributed by atoms with van der Waals surface area (Å²) in [5.41, 5.74) is 0.480. The Labute approximate surface area is 114 Å². The monoisotopic (exact) mass is 265 g/mol. The Hall–Kier alpha value is -1.01. The minimum absolute atomic E-state index is 0.131. The molecule has 0 saturated carbocycles. The molecule has 3 heterocycles. The first-order valence-electron chi connectivity index (χ1n) is 6.78. The van der Waals surface area contributed by atoms with E-state index in [1.165, 1.54) is 0 Å². The third-order valence-electron chi connectivity index (χ3n) is 4.65. The summed E-state index contributed by atoms with van der Waals surface area (Å²) in [6, 6.07) is 0.131. The normalized spacial score (nSPS) is 32.1. The summed E-state index contributed by atoms with van der Waals surface area (Å²) >= 11 is 0. The Morgan fingerprint density at radius 2 is 1.89 bits per heavy atom. The molecular weight excluding hydrogens is 245 g/mol. The molecule has 5 nitrogen and oxygen atoms in total. The maximum absolute atomic E-state index is 11.5. The van der Waals surface area contributed by atoms with Gasteiger partial charge in [-0.15, -0.1) is 0 Å². The first-order chi connectivity index (χ1) is 8.80. The molecular formula is C13H20BNO4. The van der Waals surface area contributed by atoms with E-state index in [1.54, 1.807) is 4.90 Å². The number of rotatable bonds is 1. The topological polar surface area (TPSA) is 48.0 Å². The number of cyclic esters (lactones) is 1. The van der Waals surface area contributed by atoms with Crippen molar-refractivity contribution in [1.82, 2.24) is 4.90 Å². The van der Waals surface area contributed by atoms with Crippen LogP contribution in [0.1, 0.15) is 34.1 Å². The average Bonchev–Trinajstić information content (AvgIpc) is 2.78. The molecule has 0 spiro atoms. The number of fused-ring (bicyclic) bond motifs is 1. The van der Waals surface area contributed by atoms with Crippen LogP contribution in [0.2, 0.25) is 0 Å². The Bertz CT molecular complexity index is 430. The van der Waals surface area contributed by atoms with Crippen molar-refractivity contribution in [2.45, 2.75) is 51.4 Å². The summed E-state index contributed by atoms with van der Waals surface area (Å²) in [5, 5.41) is 0. The highest BCUT2D eigenvalue weighted by atomic mass is 16.7. The van der Waals surface area contributed by atoms with E-state index in [0.717, 1.165) is 11.9 Å². The second-order valence-electron chi connectivity index (χ2n) is 6.45. The minimum atomic E-state index is -0.322. The predicted octanol–water partition coefficient (Wildman–Crippen LogP) is 1.77. The van der Waals surface area contributed by atoms with Crippen molar-refractivity contribution < 1.29 is 18.8 Å². The molecule has 2 saturated heterocycles. The van der Waals surface area contributed by atoms with E-state index in [4.69, 9.17) is 14.0 Å². The number of ether oxygens (including phenoxy) is 1. The van der Waals surface area contributed by atoms with Gasteiger partial charge in [-0.05, 0) is 39.6 Å². The van der Waals surface area contributed by atoms with Crippen molar-refractivity contribution in [3.05, 3.63) is 11.5 Å². The van der Waals surface area contributed by atoms with Gasteiger partial charge in [-0.25, -0.2) is 4.79 Å². The van der Waals surface area contributed by atoms with Gasteiger partial charge >= 0.3 is 13.2 Å². The summed E-state index contributed by atoms with van der Waals surface area (Å²) in [5.74, 6) is 0. The Morgan fingerprint density at radius 1 is 1.26 bits per heavy atom. The first kappa shape index (κ1) is 13.0. The fourth-order valence-electron chi connectivity index (χ4n) is 2.64. The zero-order valence-electron chi connectivity index (χ0n) is 11.9. The lowest BCUT2D eigenvalue weighted by Crippen LogP contribution is -2.41. The summed E-state index contributed by atoms with van der Waals surface area (Å²) in [4.78, 5) is 13.2. The van der Waals surface area contributed by atoms with Crippen LogP contribution in [0.5, 0.6) is 0 Å². The third kappa shape index (κ3) is 1.97. The van der Waals surface area contributed by atoms with Gasteiger partial charge in [0.1, 0.15) is 6.61 Å². The van der Waals surface area contributed by atoms with Crippen LogP contribution in [0.3, 0.4) is 0 Å². The van der Waals surface area contributed by atoms with Crippen LogP contribution < -0.4 is 0 Å². The van der Waals surface area contributed by atoms with E-state index in [2.05, 4.69) is 0 Å². The number of carbonyl (C=O) groups excluding carboxylic acids is 1. The molecule has 0 bridgehead atoms. The molecule has 3 aliphatic rings. The number of hydrogen-bond acceptors (Lipinski definition) is 4. The van der Waals surface area contributed by atoms with Crippen LogP contribution in [0.4, 0.5) is 4.79 Å². The van der Waals surface area contributed by atoms with Crippen LogP contribution in [0.15, 0.2) is 11.5 Å². The van der Waals surface area contributed by atoms with E-state index in [-0.39, 0.29) is 30.5 Å². The summed E-state index contributed by atoms with van der Waals surface area (Å²) in [6.45, 7) is 9.24. The number of carbonyl (C=O) groups is 1. The quantitative estimate of drug-likeness (QED) is 0.678. The van der Waals surface area contributed by atoms with Crippen molar-refractivity contribution in [3.63, 3.8) is 0 Å². The van der Waals surface area contributed by atoms with Gasteiger partial charge in [0.15, 0.2) is 0 Å². The molecule has 1 atom stereocenters. The molecule has 1 unspecified atom stereocenters. The Morgan fingerprint density at radius 3 is 2.53 bits per heavy atom. The minimum Gasteiger partial charge on any atom is -0.447 e. The number of nitrogens with zero attached hydrogens (tertiary/aromatic N) is 1. The first-order valence-corrected chi connectivity index (χ1v) is 6.78. The molecule has 0 radical (unpaired) electrons. The van der Waals surface area contributed by atoms with E-state index in [1.807, 2.05) is 33.8 Å². The molecule has 0 aromatic heterocycles. The lowest BCUT2D eigenvalue weighted by Gasteiger charge is -2.32. The van der Waals surface area contributed by atoms with Crippen LogP contribution >= 0.6 is 0 Å². The average molecular weight is 265 g/mol. The molecule has 104 valence electrons. The van der Waals surface area contributed by atoms with Crippen LogP contribution in [0, 0.1) is 0 Å². The molecule has 0 N–H and O–H groups in total. The van der Waals surface area contributed by atoms with Gasteiger partial charge in [-0.2, -0.15) is 0 Å². The summed E-state index contributed by atoms with van der Waals surface area (Å²) in [7, 11) is -0.303. The largest absolute Gasteiger partial charge is 0.490 e. The molecule has 0 aromatic rings. The fraction of sp³-hybridized carbons (Fsp3) is 0.769. The molecule has 19 heavy (non-hydrogen) atoms. The van der Waals surface area contributed by atoms with Crippen molar-refractivity contribution in [3.8, 4) is 0 Å². The standard InChI is InChI=1S/C13H20BNO4/c1-12(2)13(3,4)19-14(18-12)9-5-6-15-10(7-9)8-17-11(15)16/h5,10H,6-8H2,1-4H3. The molecule has 3 rings (SSSR count). The van der Waals surface area contributed by atoms with Crippen molar-refractivity contribution in [1.29, 1.82) is 0 Å². The lowest BCUT2D eigenvalue weighted by atomic mass is 9.73. The molecule has 6 heteroatoms. The van der Waals surface area contributed by atoms with Crippen molar-refractivity contribution in [2.24, 2.45) is 0 Å². The van der Waals surface area contributed by atoms with Crippen LogP contribution in [-0.2, 0) is 14.0 Å². The van der Waals surface area contributed by atoms with Gasteiger partial charge in [-0.3, -0.25) is 4.90 Å². The molecule has 2 fully saturated rings. The van der Waals surface area contributed by atoms with Crippen LogP contribution in [0.25, 0.3) is 0 Å². The lowest BCUT2D eigenvalue weighted by molar-refractivity contribution is 0.00578. The molecule has 3 aliphatic heterocycles. The zero-order valence-corrected chi connectivity index (χ0v) is 11.9. The fourth-order valence-corrected chi connectivity index (χ4v) is 2.64. The summed E-state index contributed by atoms with van der Waals surface area (Å²) in [6.07, 6.45) is 2.59. The molecule has 1 amide bonds. The zero-order chi connectivity index (χ0) is 13.8. The SMILES string of the molecule is CC1(C)OB(C2=CCN3C(=O)OCC3C2)OC1(C)C. The Balaban J connectivity index is 1.75. The predicted molar refractivity (Wildman–Crippen MR) is 70.6 cm³/mol. The van der Waals surface area contributed by atoms with Gasteiger partial charge in [0.25, 0.3) is 0 Å². The highest BCUT2D eigenvalue weighted by Crippen LogP contribution is 2.40. The number of hydrogen-bond donors (Lipinski definition) is 0. The smallest absolute Gasteiger partial charge is 0.447 e. The summed E-state index contributed by atoms with van der Waals surface area (Å²) < 4.78 is 17.2. The number of amides is 1. The molecule has 0 aromatic carbocycles. The highest BCUT2D eigenvalue weighted by Gasteiger charge is 2.53. The maximum atomic E-state index is 11.5. The van der Waals surface area contributed by atoms with Gasteiger partial charge in [-0.1, -0.05) is 6.08 Å². The Kier molecular flexibility index (Phi) is 2.73. The third-order valence-corrected chi connectivity index (χ3v) is 4.65. The van der Waals surface area contributed by atoms with Crippen molar-refractivity contribution >= 4 is 13.2 Å².